The number of allylic oxidation sites excluding steroid dienone is 1. The van der Waals surface area contributed by atoms with E-state index < -0.39 is 48.1 Å². The van der Waals surface area contributed by atoms with Crippen LogP contribution >= 0.6 is 0 Å². The number of benzene rings is 4. The lowest BCUT2D eigenvalue weighted by Gasteiger charge is -2.44. The van der Waals surface area contributed by atoms with Crippen molar-refractivity contribution in [2.45, 2.75) is 109 Å². The van der Waals surface area contributed by atoms with E-state index >= 15 is 0 Å². The van der Waals surface area contributed by atoms with Crippen LogP contribution in [0.5, 0.6) is 5.75 Å². The lowest BCUT2D eigenvalue weighted by atomic mass is 9.82. The minimum atomic E-state index is -1.29. The molecule has 5 bridgehead atoms. The van der Waals surface area contributed by atoms with E-state index in [0.29, 0.717) is 48.8 Å². The Bertz CT molecular complexity index is 2660. The molecule has 3 aliphatic rings. The van der Waals surface area contributed by atoms with Crippen LogP contribution in [0, 0.1) is 17.8 Å². The van der Waals surface area contributed by atoms with Crippen molar-refractivity contribution in [2.75, 3.05) is 20.0 Å². The summed E-state index contributed by atoms with van der Waals surface area (Å²) in [5, 5.41) is 19.7. The lowest BCUT2D eigenvalue weighted by molar-refractivity contribution is -0.190. The second-order valence-electron chi connectivity index (χ2n) is 17.8. The number of carbonyl (C=O) groups excluding carboxylic acids is 2. The first-order valence-corrected chi connectivity index (χ1v) is 22.4. The van der Waals surface area contributed by atoms with Crippen molar-refractivity contribution >= 4 is 22.9 Å². The van der Waals surface area contributed by atoms with Gasteiger partial charge in [0.1, 0.15) is 18.1 Å². The van der Waals surface area contributed by atoms with E-state index in [2.05, 4.69) is 78.6 Å². The van der Waals surface area contributed by atoms with Crippen LogP contribution in [0.2, 0.25) is 0 Å². The van der Waals surface area contributed by atoms with Gasteiger partial charge in [-0.25, -0.2) is 9.59 Å². The molecule has 8 rings (SSSR count). The highest BCUT2D eigenvalue weighted by Crippen LogP contribution is 2.48. The molecule has 5 atom stereocenters. The number of rotatable bonds is 11. The molecule has 10 heteroatoms. The van der Waals surface area contributed by atoms with Crippen molar-refractivity contribution in [3.8, 4) is 17.6 Å². The molecule has 0 spiro atoms. The van der Waals surface area contributed by atoms with Gasteiger partial charge in [-0.1, -0.05) is 90.2 Å². The third kappa shape index (κ3) is 10.0. The Morgan fingerprint density at radius 3 is 2.47 bits per heavy atom. The van der Waals surface area contributed by atoms with E-state index in [-0.39, 0.29) is 55.1 Å². The molecule has 0 amide bonds. The van der Waals surface area contributed by atoms with Gasteiger partial charge >= 0.3 is 17.6 Å². The molecule has 4 aromatic carbocycles. The monoisotopic (exact) mass is 864 g/mol. The summed E-state index contributed by atoms with van der Waals surface area (Å²) in [4.78, 5) is 43.1. The predicted molar refractivity (Wildman–Crippen MR) is 243 cm³/mol. The quantitative estimate of drug-likeness (QED) is 0.0436. The van der Waals surface area contributed by atoms with E-state index in [1.807, 2.05) is 26.8 Å². The second-order valence-corrected chi connectivity index (χ2v) is 17.8. The Hall–Kier alpha value is -5.99. The number of aliphatic hydroxyl groups excluding tert-OH is 2. The molecule has 2 N–H and O–H groups in total. The van der Waals surface area contributed by atoms with Crippen LogP contribution in [0.1, 0.15) is 109 Å². The van der Waals surface area contributed by atoms with Crippen LogP contribution in [0.3, 0.4) is 0 Å². The van der Waals surface area contributed by atoms with Crippen LogP contribution in [0.4, 0.5) is 0 Å². The number of aliphatic hydroxyl groups is 2. The summed E-state index contributed by atoms with van der Waals surface area (Å²) in [6, 6.07) is 30.7. The summed E-state index contributed by atoms with van der Waals surface area (Å²) < 4.78 is 31.3. The van der Waals surface area contributed by atoms with Crippen LogP contribution in [0.25, 0.3) is 11.0 Å². The Morgan fingerprint density at radius 1 is 0.859 bits per heavy atom. The minimum absolute atomic E-state index is 0.0164. The molecule has 4 heterocycles. The maximum atomic E-state index is 14.7. The number of fused-ring (bicyclic) bond motifs is 7. The van der Waals surface area contributed by atoms with Crippen molar-refractivity contribution in [3.63, 3.8) is 0 Å². The molecule has 332 valence electrons. The fourth-order valence-corrected chi connectivity index (χ4v) is 9.47. The standard InChI is InChI=1S/C54H56O10/c1-34(2)44-21-18-37-17-19-41-29-39(16-15-36-12-9-13-38(27-36)26-35-10-5-4-6-11-35)30-47(57)61-50-48-46(64-54(3,51(50)63-52(44)58)24-8-7-14-40(41)28-37)22-20-42-31-45(53(59)62-49(42)48)43(23-25-55)32-60-33-56/h4-6,9-13,17,19-20,22,27-28,31,39,43,50-51,55-56H,14-16,18,21,23-26,29-30,32-33H2,1-3H3. The van der Waals surface area contributed by atoms with Gasteiger partial charge in [0.15, 0.2) is 17.8 Å². The first kappa shape index (κ1) is 44.6. The molecule has 0 fully saturated rings. The largest absolute Gasteiger partial charge is 0.482 e. The Labute approximate surface area is 374 Å². The van der Waals surface area contributed by atoms with Crippen molar-refractivity contribution in [2.24, 2.45) is 5.92 Å². The molecular weight excluding hydrogens is 809 g/mol. The van der Waals surface area contributed by atoms with Gasteiger partial charge in [0, 0.05) is 41.9 Å². The van der Waals surface area contributed by atoms with Crippen molar-refractivity contribution < 1.29 is 43.2 Å². The molecule has 64 heavy (non-hydrogen) atoms. The molecule has 5 unspecified atom stereocenters. The average Bonchev–Trinajstić information content (AvgIpc) is 3.27. The molecule has 3 aliphatic heterocycles. The summed E-state index contributed by atoms with van der Waals surface area (Å²) in [7, 11) is 0. The highest BCUT2D eigenvalue weighted by atomic mass is 16.6. The molecule has 1 aromatic heterocycles. The van der Waals surface area contributed by atoms with Gasteiger partial charge in [0.25, 0.3) is 0 Å². The van der Waals surface area contributed by atoms with Gasteiger partial charge < -0.3 is 33.6 Å². The molecule has 0 saturated heterocycles. The summed E-state index contributed by atoms with van der Waals surface area (Å²) in [5.41, 5.74) is 6.96. The molecule has 10 nitrogen and oxygen atoms in total. The molecule has 5 aromatic rings. The lowest BCUT2D eigenvalue weighted by Crippen LogP contribution is -2.54. The fraction of sp³-hybridized carbons (Fsp3) is 0.389. The summed E-state index contributed by atoms with van der Waals surface area (Å²) in [6.45, 7) is 4.80. The van der Waals surface area contributed by atoms with E-state index in [0.717, 1.165) is 35.1 Å². The van der Waals surface area contributed by atoms with Gasteiger partial charge in [0.05, 0.1) is 18.6 Å². The number of hydrogen-bond donors (Lipinski definition) is 2. The first-order valence-electron chi connectivity index (χ1n) is 22.4. The summed E-state index contributed by atoms with van der Waals surface area (Å²) >= 11 is 0. The SMILES string of the molecule is CC(C)=C1CCc2ccc3c(c2)CC#CCC2(C)Oc4ccc5cc(C(CCO)COCO)c(=O)oc5c4C(OC(=O)CC(CCc4cccc(Cc5ccccc5)c4)C3)C2OC1=O. The van der Waals surface area contributed by atoms with Crippen LogP contribution in [-0.2, 0) is 55.9 Å². The third-order valence-electron chi connectivity index (χ3n) is 12.9. The first-order chi connectivity index (χ1) is 31.0. The van der Waals surface area contributed by atoms with Gasteiger partial charge in [0.2, 0.25) is 0 Å². The highest BCUT2D eigenvalue weighted by Gasteiger charge is 2.53. The number of esters is 2. The Morgan fingerprint density at radius 2 is 1.67 bits per heavy atom. The van der Waals surface area contributed by atoms with Crippen LogP contribution < -0.4 is 10.4 Å². The molecular formula is C54H56O10. The van der Waals surface area contributed by atoms with Crippen molar-refractivity contribution in [3.05, 3.63) is 157 Å². The predicted octanol–water partition coefficient (Wildman–Crippen LogP) is 8.58. The normalized spacial score (nSPS) is 21.3. The fourth-order valence-electron chi connectivity index (χ4n) is 9.47. The molecule has 0 radical (unpaired) electrons. The number of carbonyl (C=O) groups is 2. The zero-order valence-electron chi connectivity index (χ0n) is 36.8. The highest BCUT2D eigenvalue weighted by molar-refractivity contribution is 5.90. The zero-order valence-corrected chi connectivity index (χ0v) is 36.8. The van der Waals surface area contributed by atoms with Crippen molar-refractivity contribution in [1.82, 2.24) is 0 Å². The minimum Gasteiger partial charge on any atom is -0.482 e. The van der Waals surface area contributed by atoms with E-state index in [4.69, 9.17) is 23.4 Å². The Kier molecular flexibility index (Phi) is 13.8. The smallest absolute Gasteiger partial charge is 0.339 e. The maximum absolute atomic E-state index is 14.7. The molecule has 0 aliphatic carbocycles. The van der Waals surface area contributed by atoms with Crippen LogP contribution in [-0.4, -0.2) is 53.9 Å². The van der Waals surface area contributed by atoms with E-state index in [9.17, 15) is 24.6 Å². The number of ether oxygens (including phenoxy) is 4. The average molecular weight is 865 g/mol. The molecule has 0 saturated carbocycles. The zero-order chi connectivity index (χ0) is 44.8. The van der Waals surface area contributed by atoms with Gasteiger partial charge in [-0.3, -0.25) is 4.79 Å². The van der Waals surface area contributed by atoms with E-state index in [1.165, 1.54) is 16.7 Å². The summed E-state index contributed by atoms with van der Waals surface area (Å²) in [6.07, 6.45) is 2.41. The van der Waals surface area contributed by atoms with Gasteiger partial charge in [-0.15, -0.1) is 0 Å². The summed E-state index contributed by atoms with van der Waals surface area (Å²) in [5.74, 6) is 5.34. The van der Waals surface area contributed by atoms with Gasteiger partial charge in [-0.05, 0) is 123 Å². The maximum Gasteiger partial charge on any atom is 0.339 e. The third-order valence-corrected chi connectivity index (χ3v) is 12.9. The van der Waals surface area contributed by atoms with E-state index in [1.54, 1.807) is 18.2 Å². The number of aryl methyl sites for hydroxylation is 2. The van der Waals surface area contributed by atoms with Crippen LogP contribution in [0.15, 0.2) is 111 Å². The Balaban J connectivity index is 1.23. The number of hydrogen-bond acceptors (Lipinski definition) is 10. The van der Waals surface area contributed by atoms with Crippen molar-refractivity contribution in [1.29, 1.82) is 0 Å². The topological polar surface area (TPSA) is 142 Å². The van der Waals surface area contributed by atoms with Gasteiger partial charge in [-0.2, -0.15) is 0 Å². The second kappa shape index (κ2) is 19.8.